The number of hydrogen-bond acceptors (Lipinski definition) is 2. The molecule has 0 N–H and O–H groups in total. The Bertz CT molecular complexity index is 276. The van der Waals surface area contributed by atoms with Gasteiger partial charge in [-0.3, -0.25) is 4.79 Å². The molecule has 0 radical (unpaired) electrons. The molecule has 0 spiro atoms. The number of amides is 1. The van der Waals surface area contributed by atoms with Crippen molar-refractivity contribution >= 4 is 17.7 Å². The Morgan fingerprint density at radius 1 is 1.05 bits per heavy atom. The molecule has 1 aliphatic rings. The van der Waals surface area contributed by atoms with Crippen LogP contribution in [0.4, 0.5) is 0 Å². The fourth-order valence-electron chi connectivity index (χ4n) is 1.39. The van der Waals surface area contributed by atoms with E-state index in [1.807, 2.05) is 76.0 Å². The molecule has 0 aliphatic carbocycles. The minimum atomic E-state index is 0.273. The van der Waals surface area contributed by atoms with Crippen molar-refractivity contribution in [3.63, 3.8) is 0 Å². The molecule has 1 fully saturated rings. The van der Waals surface area contributed by atoms with Gasteiger partial charge in [0, 0.05) is 18.8 Å². The minimum absolute atomic E-state index is 0.273. The maximum absolute atomic E-state index is 11.0. The Labute approximate surface area is 130 Å². The molecular weight excluding hydrogens is 266 g/mol. The van der Waals surface area contributed by atoms with Crippen molar-refractivity contribution in [3.8, 4) is 0 Å². The third kappa shape index (κ3) is 10.9. The van der Waals surface area contributed by atoms with Crippen LogP contribution in [0.2, 0.25) is 0 Å². The Hall–Kier alpha value is -0.960. The summed E-state index contributed by atoms with van der Waals surface area (Å²) in [5.74, 6) is 0.948. The summed E-state index contributed by atoms with van der Waals surface area (Å²) in [6, 6.07) is 12.0. The highest BCUT2D eigenvalue weighted by Gasteiger charge is 2.21. The smallest absolute Gasteiger partial charge is 0.232 e. The van der Waals surface area contributed by atoms with Gasteiger partial charge in [-0.05, 0) is 6.42 Å². The maximum Gasteiger partial charge on any atom is 0.232 e. The average Bonchev–Trinajstić information content (AvgIpc) is 2.56. The standard InChI is InChI=1S/C7H13NOS.C6H6.2C2H6/c1-3-6-4-8(2)7(9)5-10-6;1-2-4-6-5-3-1;2*1-2/h6H,3-5H2,1-2H3;1-6H;2*1-2H3. The zero-order valence-electron chi connectivity index (χ0n) is 13.9. The molecule has 1 amide bonds. The topological polar surface area (TPSA) is 20.3 Å². The van der Waals surface area contributed by atoms with E-state index in [4.69, 9.17) is 0 Å². The van der Waals surface area contributed by atoms with E-state index in [9.17, 15) is 4.79 Å². The second kappa shape index (κ2) is 16.1. The zero-order chi connectivity index (χ0) is 15.8. The summed E-state index contributed by atoms with van der Waals surface area (Å²) in [6.07, 6.45) is 1.17. The van der Waals surface area contributed by atoms with E-state index in [1.54, 1.807) is 11.8 Å². The van der Waals surface area contributed by atoms with E-state index in [0.717, 1.165) is 6.54 Å². The lowest BCUT2D eigenvalue weighted by molar-refractivity contribution is -0.127. The number of carbonyl (C=O) groups is 1. The first-order valence-corrected chi connectivity index (χ1v) is 8.64. The number of nitrogens with zero attached hydrogens (tertiary/aromatic N) is 1. The van der Waals surface area contributed by atoms with Crippen LogP contribution in [0.5, 0.6) is 0 Å². The number of benzene rings is 1. The molecule has 1 heterocycles. The molecular formula is C17H31NOS. The first kappa shape index (κ1) is 21.3. The van der Waals surface area contributed by atoms with Gasteiger partial charge < -0.3 is 4.90 Å². The van der Waals surface area contributed by atoms with Crippen molar-refractivity contribution in [1.29, 1.82) is 0 Å². The summed E-state index contributed by atoms with van der Waals surface area (Å²) in [7, 11) is 1.88. The summed E-state index contributed by atoms with van der Waals surface area (Å²) in [5, 5.41) is 0.669. The lowest BCUT2D eigenvalue weighted by Gasteiger charge is -2.28. The lowest BCUT2D eigenvalue weighted by atomic mass is 10.3. The second-order valence-corrected chi connectivity index (χ2v) is 5.06. The van der Waals surface area contributed by atoms with Gasteiger partial charge >= 0.3 is 0 Å². The summed E-state index contributed by atoms with van der Waals surface area (Å²) >= 11 is 1.78. The summed E-state index contributed by atoms with van der Waals surface area (Å²) in [4.78, 5) is 12.8. The van der Waals surface area contributed by atoms with Gasteiger partial charge in [0.1, 0.15) is 0 Å². The molecule has 0 aromatic heterocycles. The van der Waals surface area contributed by atoms with Gasteiger partial charge in [0.25, 0.3) is 0 Å². The first-order chi connectivity index (χ1) is 9.74. The first-order valence-electron chi connectivity index (χ1n) is 7.59. The van der Waals surface area contributed by atoms with Crippen molar-refractivity contribution < 1.29 is 4.79 Å². The van der Waals surface area contributed by atoms with E-state index in [2.05, 4.69) is 6.92 Å². The van der Waals surface area contributed by atoms with Crippen LogP contribution >= 0.6 is 11.8 Å². The van der Waals surface area contributed by atoms with E-state index in [0.29, 0.717) is 11.0 Å². The highest BCUT2D eigenvalue weighted by Crippen LogP contribution is 2.20. The molecule has 116 valence electrons. The van der Waals surface area contributed by atoms with Crippen LogP contribution in [0.15, 0.2) is 36.4 Å². The Morgan fingerprint density at radius 2 is 1.45 bits per heavy atom. The van der Waals surface area contributed by atoms with Crippen LogP contribution in [0.3, 0.4) is 0 Å². The van der Waals surface area contributed by atoms with Gasteiger partial charge in [-0.15, -0.1) is 11.8 Å². The van der Waals surface area contributed by atoms with Crippen molar-refractivity contribution in [1.82, 2.24) is 4.90 Å². The lowest BCUT2D eigenvalue weighted by Crippen LogP contribution is -2.39. The van der Waals surface area contributed by atoms with Gasteiger partial charge in [0.05, 0.1) is 5.75 Å². The molecule has 1 atom stereocenters. The molecule has 1 aliphatic heterocycles. The predicted octanol–water partition coefficient (Wildman–Crippen LogP) is 4.71. The van der Waals surface area contributed by atoms with Crippen LogP contribution in [0.25, 0.3) is 0 Å². The predicted molar refractivity (Wildman–Crippen MR) is 93.3 cm³/mol. The van der Waals surface area contributed by atoms with Gasteiger partial charge in [0.15, 0.2) is 0 Å². The van der Waals surface area contributed by atoms with E-state index >= 15 is 0 Å². The number of rotatable bonds is 1. The molecule has 20 heavy (non-hydrogen) atoms. The minimum Gasteiger partial charge on any atom is -0.344 e. The fraction of sp³-hybridized carbons (Fsp3) is 0.588. The van der Waals surface area contributed by atoms with Crippen LogP contribution in [-0.2, 0) is 4.79 Å². The molecule has 1 unspecified atom stereocenters. The van der Waals surface area contributed by atoms with E-state index in [-0.39, 0.29) is 5.91 Å². The third-order valence-corrected chi connectivity index (χ3v) is 3.84. The van der Waals surface area contributed by atoms with Crippen LogP contribution in [0, 0.1) is 0 Å². The van der Waals surface area contributed by atoms with Crippen LogP contribution in [0.1, 0.15) is 41.0 Å². The monoisotopic (exact) mass is 297 g/mol. The van der Waals surface area contributed by atoms with Gasteiger partial charge in [-0.25, -0.2) is 0 Å². The van der Waals surface area contributed by atoms with E-state index in [1.165, 1.54) is 6.42 Å². The molecule has 0 bridgehead atoms. The average molecular weight is 298 g/mol. The normalized spacial score (nSPS) is 16.6. The highest BCUT2D eigenvalue weighted by atomic mass is 32.2. The SMILES string of the molecule is CC.CC.CCC1CN(C)C(=O)CS1.c1ccccc1. The van der Waals surface area contributed by atoms with Crippen LogP contribution < -0.4 is 0 Å². The summed E-state index contributed by atoms with van der Waals surface area (Å²) in [6.45, 7) is 11.1. The van der Waals surface area contributed by atoms with Gasteiger partial charge in [-0.1, -0.05) is 71.0 Å². The molecule has 1 saturated heterocycles. The molecule has 3 heteroatoms. The third-order valence-electron chi connectivity index (χ3n) is 2.47. The summed E-state index contributed by atoms with van der Waals surface area (Å²) < 4.78 is 0. The van der Waals surface area contributed by atoms with Crippen molar-refractivity contribution in [2.45, 2.75) is 46.3 Å². The van der Waals surface area contributed by atoms with Gasteiger partial charge in [-0.2, -0.15) is 0 Å². The Kier molecular flexibility index (Phi) is 17.2. The molecule has 2 rings (SSSR count). The molecule has 0 saturated carbocycles. The number of thioether (sulfide) groups is 1. The van der Waals surface area contributed by atoms with Crippen molar-refractivity contribution in [2.75, 3.05) is 19.3 Å². The fourth-order valence-corrected chi connectivity index (χ4v) is 2.55. The Balaban J connectivity index is 0. The van der Waals surface area contributed by atoms with Crippen molar-refractivity contribution in [2.24, 2.45) is 0 Å². The summed E-state index contributed by atoms with van der Waals surface area (Å²) in [5.41, 5.74) is 0. The number of hydrogen-bond donors (Lipinski definition) is 0. The maximum atomic E-state index is 11.0. The number of carbonyl (C=O) groups excluding carboxylic acids is 1. The molecule has 1 aromatic rings. The Morgan fingerprint density at radius 3 is 1.75 bits per heavy atom. The highest BCUT2D eigenvalue weighted by molar-refractivity contribution is 8.00. The largest absolute Gasteiger partial charge is 0.344 e. The van der Waals surface area contributed by atoms with E-state index < -0.39 is 0 Å². The quantitative estimate of drug-likeness (QED) is 0.748. The van der Waals surface area contributed by atoms with Gasteiger partial charge in [0.2, 0.25) is 5.91 Å². The molecule has 2 nitrogen and oxygen atoms in total. The van der Waals surface area contributed by atoms with Crippen LogP contribution in [-0.4, -0.2) is 35.4 Å². The zero-order valence-corrected chi connectivity index (χ0v) is 14.7. The molecule has 1 aromatic carbocycles. The second-order valence-electron chi connectivity index (χ2n) is 3.77. The van der Waals surface area contributed by atoms with Crippen molar-refractivity contribution in [3.05, 3.63) is 36.4 Å².